The third-order valence-corrected chi connectivity index (χ3v) is 8.83. The van der Waals surface area contributed by atoms with Crippen LogP contribution in [0.2, 0.25) is 0 Å². The zero-order valence-electron chi connectivity index (χ0n) is 26.8. The topological polar surface area (TPSA) is 81.1 Å². The Labute approximate surface area is 261 Å². The molecule has 0 bridgehead atoms. The molecule has 2 aliphatic heterocycles. The van der Waals surface area contributed by atoms with Gasteiger partial charge in [0.25, 0.3) is 0 Å². The normalized spacial score (nSPS) is 16.9. The maximum absolute atomic E-state index is 14.0. The molecule has 0 radical (unpaired) electrons. The summed E-state index contributed by atoms with van der Waals surface area (Å²) in [5.74, 6) is 0.423. The molecular weight excluding hydrogens is 546 g/mol. The number of hydrogen-bond acceptors (Lipinski definition) is 5. The summed E-state index contributed by atoms with van der Waals surface area (Å²) in [6.07, 6.45) is 3.01. The molecule has 1 fully saturated rings. The van der Waals surface area contributed by atoms with Gasteiger partial charge in [-0.2, -0.15) is 10.2 Å². The van der Waals surface area contributed by atoms with Gasteiger partial charge >= 0.3 is 0 Å². The number of aromatic amines is 1. The molecule has 6 rings (SSSR count). The predicted molar refractivity (Wildman–Crippen MR) is 182 cm³/mol. The number of H-pyrrole nitrogens is 1. The van der Waals surface area contributed by atoms with Crippen molar-refractivity contribution in [1.82, 2.24) is 14.8 Å². The van der Waals surface area contributed by atoms with Crippen molar-refractivity contribution in [2.24, 2.45) is 10.2 Å². The van der Waals surface area contributed by atoms with Crippen molar-refractivity contribution in [2.75, 3.05) is 26.2 Å². The van der Waals surface area contributed by atoms with E-state index in [9.17, 15) is 9.59 Å². The Balaban J connectivity index is 0.00000188. The van der Waals surface area contributed by atoms with E-state index >= 15 is 0 Å². The SMILES string of the molecule is CC.CCC(=O)CCCN1CCN(C(=O)Cc2c(C)[nH]c3ccc(C)cc23)C(C2=NN=C(c3ccc4ccccc4c3)C2)C1. The van der Waals surface area contributed by atoms with E-state index in [0.29, 0.717) is 44.6 Å². The fourth-order valence-electron chi connectivity index (χ4n) is 6.36. The van der Waals surface area contributed by atoms with Gasteiger partial charge in [0.15, 0.2) is 0 Å². The minimum absolute atomic E-state index is 0.119. The lowest BCUT2D eigenvalue weighted by Crippen LogP contribution is -2.58. The third-order valence-electron chi connectivity index (χ3n) is 8.83. The number of nitrogens with one attached hydrogen (secondary N) is 1. The Hall–Kier alpha value is -4.10. The number of fused-ring (bicyclic) bond motifs is 2. The summed E-state index contributed by atoms with van der Waals surface area (Å²) in [4.78, 5) is 33.8. The fraction of sp³-hybridized carbons (Fsp3) is 0.405. The van der Waals surface area contributed by atoms with Crippen LogP contribution in [0, 0.1) is 13.8 Å². The van der Waals surface area contributed by atoms with Gasteiger partial charge < -0.3 is 9.88 Å². The van der Waals surface area contributed by atoms with Crippen LogP contribution in [-0.2, 0) is 16.0 Å². The van der Waals surface area contributed by atoms with E-state index in [1.54, 1.807) is 0 Å². The molecule has 1 unspecified atom stereocenters. The Morgan fingerprint density at radius 1 is 0.955 bits per heavy atom. The van der Waals surface area contributed by atoms with Gasteiger partial charge in [-0.05, 0) is 66.9 Å². The molecule has 3 aromatic carbocycles. The molecule has 7 heteroatoms. The second-order valence-electron chi connectivity index (χ2n) is 11.7. The Morgan fingerprint density at radius 2 is 1.75 bits per heavy atom. The van der Waals surface area contributed by atoms with Crippen molar-refractivity contribution in [3.63, 3.8) is 0 Å². The largest absolute Gasteiger partial charge is 0.358 e. The molecule has 4 aromatic rings. The van der Waals surface area contributed by atoms with Crippen LogP contribution in [0.15, 0.2) is 70.9 Å². The highest BCUT2D eigenvalue weighted by Gasteiger charge is 2.36. The number of rotatable bonds is 9. The van der Waals surface area contributed by atoms with Gasteiger partial charge in [0.2, 0.25) is 5.91 Å². The quantitative estimate of drug-likeness (QED) is 0.227. The molecule has 1 saturated heterocycles. The maximum Gasteiger partial charge on any atom is 0.227 e. The van der Waals surface area contributed by atoms with Crippen LogP contribution in [0.3, 0.4) is 0 Å². The molecular formula is C37H45N5O2. The number of aromatic nitrogens is 1. The van der Waals surface area contributed by atoms with Crippen LogP contribution in [0.1, 0.15) is 68.8 Å². The van der Waals surface area contributed by atoms with Gasteiger partial charge in [-0.3, -0.25) is 14.5 Å². The van der Waals surface area contributed by atoms with E-state index in [0.717, 1.165) is 58.7 Å². The molecule has 230 valence electrons. The van der Waals surface area contributed by atoms with E-state index in [1.807, 2.05) is 31.7 Å². The molecule has 1 N–H and O–H groups in total. The monoisotopic (exact) mass is 591 g/mol. The Bertz CT molecular complexity index is 1720. The number of hydrogen-bond donors (Lipinski definition) is 1. The first kappa shape index (κ1) is 31.3. The van der Waals surface area contributed by atoms with Crippen LogP contribution in [-0.4, -0.2) is 70.1 Å². The van der Waals surface area contributed by atoms with Crippen molar-refractivity contribution in [2.45, 2.75) is 72.8 Å². The number of carbonyl (C=O) groups is 2. The van der Waals surface area contributed by atoms with Crippen molar-refractivity contribution < 1.29 is 9.59 Å². The zero-order valence-corrected chi connectivity index (χ0v) is 26.8. The van der Waals surface area contributed by atoms with E-state index in [4.69, 9.17) is 0 Å². The summed E-state index contributed by atoms with van der Waals surface area (Å²) in [7, 11) is 0. The van der Waals surface area contributed by atoms with Gasteiger partial charge in [-0.15, -0.1) is 0 Å². The van der Waals surface area contributed by atoms with Crippen molar-refractivity contribution in [1.29, 1.82) is 0 Å². The van der Waals surface area contributed by atoms with Gasteiger partial charge in [-0.25, -0.2) is 0 Å². The van der Waals surface area contributed by atoms with Gasteiger partial charge in [0, 0.05) is 55.5 Å². The summed E-state index contributed by atoms with van der Waals surface area (Å²) < 4.78 is 0. The predicted octanol–water partition coefficient (Wildman–Crippen LogP) is 7.03. The molecule has 1 atom stereocenters. The number of carbonyl (C=O) groups excluding carboxylic acids is 2. The summed E-state index contributed by atoms with van der Waals surface area (Å²) in [5, 5.41) is 12.8. The number of ketones is 1. The van der Waals surface area contributed by atoms with Crippen molar-refractivity contribution >= 4 is 44.8 Å². The molecule has 0 aliphatic carbocycles. The van der Waals surface area contributed by atoms with Crippen molar-refractivity contribution in [3.8, 4) is 0 Å². The van der Waals surface area contributed by atoms with Gasteiger partial charge in [0.1, 0.15) is 5.78 Å². The molecule has 7 nitrogen and oxygen atoms in total. The third kappa shape index (κ3) is 6.83. The fourth-order valence-corrected chi connectivity index (χ4v) is 6.36. The van der Waals surface area contributed by atoms with Crippen molar-refractivity contribution in [3.05, 3.63) is 83.0 Å². The van der Waals surface area contributed by atoms with Crippen LogP contribution in [0.5, 0.6) is 0 Å². The number of piperazine rings is 1. The Morgan fingerprint density at radius 3 is 2.55 bits per heavy atom. The minimum Gasteiger partial charge on any atom is -0.358 e. The molecule has 2 aliphatic rings. The highest BCUT2D eigenvalue weighted by Crippen LogP contribution is 2.27. The second kappa shape index (κ2) is 14.1. The summed E-state index contributed by atoms with van der Waals surface area (Å²) >= 11 is 0. The first-order chi connectivity index (χ1) is 21.4. The highest BCUT2D eigenvalue weighted by molar-refractivity contribution is 6.17. The number of amides is 1. The number of aryl methyl sites for hydroxylation is 2. The first-order valence-corrected chi connectivity index (χ1v) is 16.1. The van der Waals surface area contributed by atoms with Crippen LogP contribution in [0.25, 0.3) is 21.7 Å². The molecule has 0 spiro atoms. The summed E-state index contributed by atoms with van der Waals surface area (Å²) in [5.41, 5.74) is 7.31. The lowest BCUT2D eigenvalue weighted by Gasteiger charge is -2.41. The number of benzene rings is 3. The van der Waals surface area contributed by atoms with Crippen LogP contribution in [0.4, 0.5) is 0 Å². The summed E-state index contributed by atoms with van der Waals surface area (Å²) in [6, 6.07) is 21.0. The van der Waals surface area contributed by atoms with Gasteiger partial charge in [-0.1, -0.05) is 68.8 Å². The lowest BCUT2D eigenvalue weighted by atomic mass is 9.96. The van der Waals surface area contributed by atoms with Gasteiger partial charge in [0.05, 0.1) is 23.9 Å². The van der Waals surface area contributed by atoms with E-state index in [-0.39, 0.29) is 11.9 Å². The first-order valence-electron chi connectivity index (χ1n) is 16.1. The standard InChI is InChI=1S/C35H39N5O2.C2H6/c1-4-28(41)10-7-15-39-16-17-40(35(42)20-29-24(3)36-31-14-11-23(2)18-30(29)31)34(22-39)33-21-32(37-38-33)27-13-12-25-8-5-6-9-26(25)19-27;1-2/h5-6,8-9,11-14,18-19,34,36H,4,7,10,15-17,20-22H2,1-3H3;1-2H3. The van der Waals surface area contributed by atoms with Crippen LogP contribution >= 0.6 is 0 Å². The number of nitrogens with zero attached hydrogens (tertiary/aromatic N) is 4. The molecule has 1 aromatic heterocycles. The van der Waals surface area contributed by atoms with E-state index in [2.05, 4.69) is 88.5 Å². The lowest BCUT2D eigenvalue weighted by molar-refractivity contribution is -0.133. The molecule has 44 heavy (non-hydrogen) atoms. The van der Waals surface area contributed by atoms with E-state index in [1.165, 1.54) is 16.3 Å². The summed E-state index contributed by atoms with van der Waals surface area (Å²) in [6.45, 7) is 13.0. The molecule has 1 amide bonds. The molecule has 0 saturated carbocycles. The maximum atomic E-state index is 14.0. The zero-order chi connectivity index (χ0) is 31.2. The minimum atomic E-state index is -0.151. The second-order valence-corrected chi connectivity index (χ2v) is 11.7. The molecule has 3 heterocycles. The average molecular weight is 592 g/mol. The average Bonchev–Trinajstić information content (AvgIpc) is 3.66. The highest BCUT2D eigenvalue weighted by atomic mass is 16.2. The smallest absolute Gasteiger partial charge is 0.227 e. The Kier molecular flexibility index (Phi) is 10.1. The van der Waals surface area contributed by atoms with Crippen LogP contribution < -0.4 is 0 Å². The van der Waals surface area contributed by atoms with E-state index < -0.39 is 0 Å². The number of Topliss-reactive ketones (excluding diaryl/α,β-unsaturated/α-hetero) is 1.